The second-order valence-corrected chi connectivity index (χ2v) is 9.80. The van der Waals surface area contributed by atoms with Crippen LogP contribution in [0.15, 0.2) is 47.4 Å². The molecule has 1 aliphatic heterocycles. The maximum Gasteiger partial charge on any atom is 0.328 e. The molecule has 2 aromatic carbocycles. The van der Waals surface area contributed by atoms with Crippen LogP contribution in [0.25, 0.3) is 0 Å². The van der Waals surface area contributed by atoms with Gasteiger partial charge in [-0.2, -0.15) is 0 Å². The first-order chi connectivity index (χ1) is 16.7. The summed E-state index contributed by atoms with van der Waals surface area (Å²) in [4.78, 5) is 36.4. The second kappa shape index (κ2) is 11.2. The Balaban J connectivity index is 1.79. The number of anilines is 1. The summed E-state index contributed by atoms with van der Waals surface area (Å²) in [7, 11) is -1.35. The summed E-state index contributed by atoms with van der Waals surface area (Å²) in [5.74, 6) is -1.40. The van der Waals surface area contributed by atoms with Crippen LogP contribution in [0.3, 0.4) is 0 Å². The Bertz CT molecular complexity index is 1190. The van der Waals surface area contributed by atoms with E-state index >= 15 is 0 Å². The number of carbonyl (C=O) groups is 3. The molecule has 1 aliphatic rings. The number of esters is 2. The van der Waals surface area contributed by atoms with E-state index in [0.717, 1.165) is 5.56 Å². The first-order valence-electron chi connectivity index (χ1n) is 11.0. The Hall–Kier alpha value is -3.60. The van der Waals surface area contributed by atoms with Crippen LogP contribution >= 0.6 is 0 Å². The number of sulfonamides is 1. The predicted octanol–water partition coefficient (Wildman–Crippen LogP) is 2.20. The number of ether oxygens (including phenoxy) is 3. The normalized spacial score (nSPS) is 13.7. The van der Waals surface area contributed by atoms with Gasteiger partial charge in [-0.3, -0.25) is 13.9 Å². The molecule has 0 unspecified atom stereocenters. The van der Waals surface area contributed by atoms with E-state index in [0.29, 0.717) is 12.1 Å². The van der Waals surface area contributed by atoms with Crippen LogP contribution in [0.5, 0.6) is 5.75 Å². The van der Waals surface area contributed by atoms with Gasteiger partial charge in [0, 0.05) is 12.0 Å². The average Bonchev–Trinajstić information content (AvgIpc) is 2.86. The average molecular weight is 505 g/mol. The largest absolute Gasteiger partial charge is 0.489 e. The van der Waals surface area contributed by atoms with E-state index in [-0.39, 0.29) is 42.2 Å². The van der Waals surface area contributed by atoms with Gasteiger partial charge in [0.2, 0.25) is 0 Å². The maximum absolute atomic E-state index is 13.2. The van der Waals surface area contributed by atoms with Crippen molar-refractivity contribution < 1.29 is 37.0 Å². The van der Waals surface area contributed by atoms with E-state index in [1.165, 1.54) is 36.7 Å². The highest BCUT2D eigenvalue weighted by atomic mass is 32.2. The topological polar surface area (TPSA) is 128 Å². The highest BCUT2D eigenvalue weighted by Crippen LogP contribution is 2.36. The first-order valence-corrected chi connectivity index (χ1v) is 12.4. The van der Waals surface area contributed by atoms with Crippen molar-refractivity contribution in [3.8, 4) is 5.75 Å². The van der Waals surface area contributed by atoms with Crippen LogP contribution in [-0.4, -0.2) is 59.7 Å². The molecule has 0 saturated carbocycles. The standard InChI is InChI=1S/C24H28N2O8S/c1-16-7-10-18(11-8-16)35(30,31)26-13-14-34-21-15-17(9-12-20(21)26)23(28)25-19(24(29)33-3)5-4-6-22(27)32-2/h7-12,15,19H,4-6,13-14H2,1-3H3,(H,25,28)/t19-/m0/s1. The van der Waals surface area contributed by atoms with E-state index in [1.54, 1.807) is 24.3 Å². The van der Waals surface area contributed by atoms with Crippen molar-refractivity contribution in [1.29, 1.82) is 0 Å². The molecule has 1 heterocycles. The Morgan fingerprint density at radius 1 is 1.09 bits per heavy atom. The van der Waals surface area contributed by atoms with E-state index in [2.05, 4.69) is 10.1 Å². The lowest BCUT2D eigenvalue weighted by Gasteiger charge is -2.30. The van der Waals surface area contributed by atoms with Crippen molar-refractivity contribution in [2.45, 2.75) is 37.1 Å². The second-order valence-electron chi connectivity index (χ2n) is 7.94. The zero-order chi connectivity index (χ0) is 25.6. The van der Waals surface area contributed by atoms with Crippen LogP contribution in [0.1, 0.15) is 35.2 Å². The van der Waals surface area contributed by atoms with Gasteiger partial charge in [0.25, 0.3) is 15.9 Å². The monoisotopic (exact) mass is 504 g/mol. The van der Waals surface area contributed by atoms with Gasteiger partial charge in [0.15, 0.2) is 0 Å². The quantitative estimate of drug-likeness (QED) is 0.515. The summed E-state index contributed by atoms with van der Waals surface area (Å²) < 4.78 is 42.7. The van der Waals surface area contributed by atoms with Gasteiger partial charge in [-0.15, -0.1) is 0 Å². The van der Waals surface area contributed by atoms with E-state index in [4.69, 9.17) is 9.47 Å². The van der Waals surface area contributed by atoms with Crippen molar-refractivity contribution >= 4 is 33.6 Å². The van der Waals surface area contributed by atoms with Crippen molar-refractivity contribution in [1.82, 2.24) is 5.32 Å². The molecule has 35 heavy (non-hydrogen) atoms. The fraction of sp³-hybridized carbons (Fsp3) is 0.375. The van der Waals surface area contributed by atoms with Crippen LogP contribution in [0.2, 0.25) is 0 Å². The number of rotatable bonds is 9. The van der Waals surface area contributed by atoms with Gasteiger partial charge in [-0.1, -0.05) is 17.7 Å². The third kappa shape index (κ3) is 6.10. The Kier molecular flexibility index (Phi) is 8.34. The van der Waals surface area contributed by atoms with Crippen LogP contribution in [-0.2, 0) is 29.1 Å². The number of methoxy groups -OCH3 is 2. The fourth-order valence-electron chi connectivity index (χ4n) is 3.61. The summed E-state index contributed by atoms with van der Waals surface area (Å²) in [6.45, 7) is 2.11. The molecular formula is C24H28N2O8S. The van der Waals surface area contributed by atoms with Crippen LogP contribution in [0.4, 0.5) is 5.69 Å². The summed E-state index contributed by atoms with van der Waals surface area (Å²) in [5, 5.41) is 2.60. The van der Waals surface area contributed by atoms with Crippen LogP contribution < -0.4 is 14.4 Å². The van der Waals surface area contributed by atoms with E-state index < -0.39 is 33.9 Å². The van der Waals surface area contributed by atoms with Crippen molar-refractivity contribution in [3.05, 3.63) is 53.6 Å². The number of aryl methyl sites for hydroxylation is 1. The zero-order valence-corrected chi connectivity index (χ0v) is 20.6. The molecule has 0 aliphatic carbocycles. The molecule has 0 aromatic heterocycles. The van der Waals surface area contributed by atoms with Crippen molar-refractivity contribution in [2.75, 3.05) is 31.7 Å². The SMILES string of the molecule is COC(=O)CCC[C@H](NC(=O)c1ccc2c(c1)OCCN2S(=O)(=O)c1ccc(C)cc1)C(=O)OC. The lowest BCUT2D eigenvalue weighted by molar-refractivity contribution is -0.144. The van der Waals surface area contributed by atoms with Gasteiger partial charge in [0.1, 0.15) is 18.4 Å². The number of fused-ring (bicyclic) bond motifs is 1. The highest BCUT2D eigenvalue weighted by molar-refractivity contribution is 7.92. The molecule has 11 heteroatoms. The van der Waals surface area contributed by atoms with E-state index in [9.17, 15) is 22.8 Å². The molecule has 188 valence electrons. The number of nitrogens with one attached hydrogen (secondary N) is 1. The van der Waals surface area contributed by atoms with E-state index in [1.807, 2.05) is 6.92 Å². The predicted molar refractivity (Wildman–Crippen MR) is 127 cm³/mol. The summed E-state index contributed by atoms with van der Waals surface area (Å²) >= 11 is 0. The molecule has 0 spiro atoms. The Labute approximate surface area is 204 Å². The number of nitrogens with zero attached hydrogens (tertiary/aromatic N) is 1. The summed E-state index contributed by atoms with van der Waals surface area (Å²) in [6, 6.07) is 9.98. The summed E-state index contributed by atoms with van der Waals surface area (Å²) in [6.07, 6.45) is 0.585. The maximum atomic E-state index is 13.2. The summed E-state index contributed by atoms with van der Waals surface area (Å²) in [5.41, 5.74) is 1.44. The lowest BCUT2D eigenvalue weighted by Crippen LogP contribution is -2.42. The molecule has 1 amide bonds. The third-order valence-corrected chi connectivity index (χ3v) is 7.37. The minimum atomic E-state index is -3.82. The molecule has 0 bridgehead atoms. The van der Waals surface area contributed by atoms with Gasteiger partial charge < -0.3 is 19.5 Å². The molecule has 2 aromatic rings. The highest BCUT2D eigenvalue weighted by Gasteiger charge is 2.31. The Morgan fingerprint density at radius 2 is 1.80 bits per heavy atom. The number of hydrogen-bond donors (Lipinski definition) is 1. The molecule has 1 N–H and O–H groups in total. The third-order valence-electron chi connectivity index (χ3n) is 5.54. The van der Waals surface area contributed by atoms with Gasteiger partial charge in [-0.25, -0.2) is 13.2 Å². The van der Waals surface area contributed by atoms with Gasteiger partial charge in [0.05, 0.1) is 31.3 Å². The zero-order valence-electron chi connectivity index (χ0n) is 19.8. The number of amides is 1. The minimum Gasteiger partial charge on any atom is -0.489 e. The molecule has 0 saturated heterocycles. The lowest BCUT2D eigenvalue weighted by atomic mass is 10.1. The first kappa shape index (κ1) is 26.0. The molecular weight excluding hydrogens is 476 g/mol. The molecule has 3 rings (SSSR count). The Morgan fingerprint density at radius 3 is 2.46 bits per heavy atom. The molecule has 0 fully saturated rings. The fourth-order valence-corrected chi connectivity index (χ4v) is 5.07. The molecule has 0 radical (unpaired) electrons. The van der Waals surface area contributed by atoms with Gasteiger partial charge >= 0.3 is 11.9 Å². The van der Waals surface area contributed by atoms with Gasteiger partial charge in [-0.05, 0) is 50.1 Å². The van der Waals surface area contributed by atoms with Crippen LogP contribution in [0, 0.1) is 6.92 Å². The molecule has 1 atom stereocenters. The smallest absolute Gasteiger partial charge is 0.328 e. The minimum absolute atomic E-state index is 0.0951. The number of carbonyl (C=O) groups excluding carboxylic acids is 3. The number of hydrogen-bond acceptors (Lipinski definition) is 8. The van der Waals surface area contributed by atoms with Crippen molar-refractivity contribution in [2.24, 2.45) is 0 Å². The molecule has 10 nitrogen and oxygen atoms in total. The number of benzene rings is 2. The van der Waals surface area contributed by atoms with Crippen molar-refractivity contribution in [3.63, 3.8) is 0 Å².